The van der Waals surface area contributed by atoms with Crippen molar-refractivity contribution in [1.29, 1.82) is 0 Å². The lowest BCUT2D eigenvalue weighted by molar-refractivity contribution is -0.148. The van der Waals surface area contributed by atoms with E-state index in [2.05, 4.69) is 5.32 Å². The first-order valence-corrected chi connectivity index (χ1v) is 6.65. The lowest BCUT2D eigenvalue weighted by Gasteiger charge is -2.34. The minimum absolute atomic E-state index is 0.00552. The zero-order valence-corrected chi connectivity index (χ0v) is 12.1. The molecule has 0 aliphatic carbocycles. The van der Waals surface area contributed by atoms with Crippen LogP contribution in [-0.4, -0.2) is 54.2 Å². The Hall–Kier alpha value is -1.79. The van der Waals surface area contributed by atoms with Gasteiger partial charge in [-0.1, -0.05) is 0 Å². The van der Waals surface area contributed by atoms with Crippen LogP contribution in [0, 0.1) is 5.41 Å². The van der Waals surface area contributed by atoms with Gasteiger partial charge < -0.3 is 20.1 Å². The van der Waals surface area contributed by atoms with Gasteiger partial charge in [-0.05, 0) is 33.1 Å². The normalized spacial score (nSPS) is 19.4. The zero-order valence-electron chi connectivity index (χ0n) is 12.1. The second-order valence-electron chi connectivity index (χ2n) is 5.58. The molecular formula is C13H22N2O5. The van der Waals surface area contributed by atoms with Crippen LogP contribution in [0.1, 0.15) is 33.1 Å². The number of piperidine rings is 1. The Labute approximate surface area is 118 Å². The molecule has 0 aromatic rings. The summed E-state index contributed by atoms with van der Waals surface area (Å²) in [5, 5.41) is 11.6. The van der Waals surface area contributed by atoms with Crippen LogP contribution < -0.4 is 5.32 Å². The summed E-state index contributed by atoms with van der Waals surface area (Å²) >= 11 is 0. The van der Waals surface area contributed by atoms with Crippen LogP contribution in [0.5, 0.6) is 0 Å². The zero-order chi connectivity index (χ0) is 15.3. The molecule has 1 fully saturated rings. The second-order valence-corrected chi connectivity index (χ2v) is 5.58. The van der Waals surface area contributed by atoms with E-state index in [0.717, 1.165) is 12.8 Å². The van der Waals surface area contributed by atoms with Crippen LogP contribution in [0.25, 0.3) is 0 Å². The predicted octanol–water partition coefficient (Wildman–Crippen LogP) is 0.834. The van der Waals surface area contributed by atoms with Gasteiger partial charge in [-0.2, -0.15) is 0 Å². The molecule has 1 saturated heterocycles. The molecule has 0 radical (unpaired) electrons. The number of nitrogens with one attached hydrogen (secondary N) is 1. The molecule has 0 aromatic heterocycles. The molecule has 20 heavy (non-hydrogen) atoms. The number of amides is 2. The van der Waals surface area contributed by atoms with E-state index >= 15 is 0 Å². The average Bonchev–Trinajstić information content (AvgIpc) is 2.43. The molecule has 0 bridgehead atoms. The van der Waals surface area contributed by atoms with E-state index in [1.807, 2.05) is 0 Å². The van der Waals surface area contributed by atoms with Gasteiger partial charge in [-0.3, -0.25) is 4.79 Å². The summed E-state index contributed by atoms with van der Waals surface area (Å²) in [7, 11) is 1.29. The Morgan fingerprint density at radius 2 is 2.00 bits per heavy atom. The van der Waals surface area contributed by atoms with Gasteiger partial charge in [0.15, 0.2) is 0 Å². The fourth-order valence-corrected chi connectivity index (χ4v) is 2.03. The van der Waals surface area contributed by atoms with Crippen molar-refractivity contribution in [3.63, 3.8) is 0 Å². The Morgan fingerprint density at radius 3 is 2.55 bits per heavy atom. The van der Waals surface area contributed by atoms with Crippen LogP contribution in [0.3, 0.4) is 0 Å². The van der Waals surface area contributed by atoms with Crippen molar-refractivity contribution in [2.75, 3.05) is 20.2 Å². The fourth-order valence-electron chi connectivity index (χ4n) is 2.03. The summed E-state index contributed by atoms with van der Waals surface area (Å²) in [6.07, 6.45) is 2.26. The summed E-state index contributed by atoms with van der Waals surface area (Å²) in [6, 6.07) is -1.00. The number of aliphatic carboxylic acids is 1. The molecule has 1 rings (SSSR count). The van der Waals surface area contributed by atoms with Crippen molar-refractivity contribution in [1.82, 2.24) is 10.2 Å². The summed E-state index contributed by atoms with van der Waals surface area (Å²) in [4.78, 5) is 36.2. The molecule has 7 heteroatoms. The number of carbonyl (C=O) groups excluding carboxylic acids is 2. The highest BCUT2D eigenvalue weighted by Crippen LogP contribution is 2.19. The molecule has 1 heterocycles. The molecule has 2 amide bonds. The number of carbonyl (C=O) groups is 3. The van der Waals surface area contributed by atoms with E-state index in [4.69, 9.17) is 9.84 Å². The topological polar surface area (TPSA) is 95.9 Å². The number of hydrogen-bond donors (Lipinski definition) is 2. The first kappa shape index (κ1) is 16.3. The molecule has 1 unspecified atom stereocenters. The van der Waals surface area contributed by atoms with E-state index in [9.17, 15) is 14.4 Å². The largest absolute Gasteiger partial charge is 0.481 e. The molecule has 7 nitrogen and oxygen atoms in total. The van der Waals surface area contributed by atoms with Crippen LogP contribution in [0.4, 0.5) is 4.79 Å². The third-order valence-corrected chi connectivity index (χ3v) is 3.50. The van der Waals surface area contributed by atoms with E-state index < -0.39 is 29.4 Å². The molecule has 1 aliphatic rings. The van der Waals surface area contributed by atoms with Gasteiger partial charge in [0, 0.05) is 13.1 Å². The Balaban J connectivity index is 2.64. The number of hydrogen-bond acceptors (Lipinski definition) is 4. The number of carboxylic acid groups (broad SMARTS) is 1. The Kier molecular flexibility index (Phi) is 5.35. The van der Waals surface area contributed by atoms with Crippen LogP contribution in [-0.2, 0) is 14.3 Å². The maximum atomic E-state index is 12.1. The van der Waals surface area contributed by atoms with E-state index in [0.29, 0.717) is 13.0 Å². The van der Waals surface area contributed by atoms with Crippen LogP contribution in [0.2, 0.25) is 0 Å². The van der Waals surface area contributed by atoms with Gasteiger partial charge in [0.2, 0.25) is 0 Å². The summed E-state index contributed by atoms with van der Waals surface area (Å²) in [5.41, 5.74) is -1.05. The minimum Gasteiger partial charge on any atom is -0.481 e. The van der Waals surface area contributed by atoms with Crippen molar-refractivity contribution in [3.8, 4) is 0 Å². The number of carboxylic acids is 1. The lowest BCUT2D eigenvalue weighted by atomic mass is 9.94. The molecule has 0 saturated carbocycles. The van der Waals surface area contributed by atoms with Crippen molar-refractivity contribution in [2.45, 2.75) is 39.2 Å². The molecule has 0 aromatic carbocycles. The first-order chi connectivity index (χ1) is 9.29. The number of nitrogens with zero attached hydrogens (tertiary/aromatic N) is 1. The van der Waals surface area contributed by atoms with Crippen LogP contribution >= 0.6 is 0 Å². The van der Waals surface area contributed by atoms with Gasteiger partial charge in [-0.25, -0.2) is 9.59 Å². The number of ether oxygens (including phenoxy) is 1. The second kappa shape index (κ2) is 6.58. The van der Waals surface area contributed by atoms with E-state index in [1.165, 1.54) is 25.9 Å². The number of methoxy groups -OCH3 is 1. The third kappa shape index (κ3) is 3.85. The number of likely N-dealkylation sites (tertiary alicyclic amines) is 1. The summed E-state index contributed by atoms with van der Waals surface area (Å²) < 4.78 is 4.70. The third-order valence-electron chi connectivity index (χ3n) is 3.50. The number of urea groups is 1. The van der Waals surface area contributed by atoms with Crippen molar-refractivity contribution < 1.29 is 24.2 Å². The molecule has 114 valence electrons. The molecule has 0 spiro atoms. The minimum atomic E-state index is -1.05. The fraction of sp³-hybridized carbons (Fsp3) is 0.769. The van der Waals surface area contributed by atoms with Gasteiger partial charge in [0.05, 0.1) is 12.5 Å². The monoisotopic (exact) mass is 286 g/mol. The molecular weight excluding hydrogens is 264 g/mol. The highest BCUT2D eigenvalue weighted by atomic mass is 16.5. The molecule has 2 N–H and O–H groups in total. The SMILES string of the molecule is COC(=O)C1CCCCN1C(=O)NCC(C)(C)C(=O)O. The maximum absolute atomic E-state index is 12.1. The summed E-state index contributed by atoms with van der Waals surface area (Å²) in [5.74, 6) is -1.42. The number of esters is 1. The smallest absolute Gasteiger partial charge is 0.328 e. The highest BCUT2D eigenvalue weighted by molar-refractivity contribution is 5.84. The summed E-state index contributed by atoms with van der Waals surface area (Å²) in [6.45, 7) is 3.54. The van der Waals surface area contributed by atoms with Crippen molar-refractivity contribution >= 4 is 18.0 Å². The van der Waals surface area contributed by atoms with Gasteiger partial charge in [0.25, 0.3) is 0 Å². The average molecular weight is 286 g/mol. The molecule has 1 atom stereocenters. The van der Waals surface area contributed by atoms with Gasteiger partial charge >= 0.3 is 18.0 Å². The van der Waals surface area contributed by atoms with Gasteiger partial charge in [-0.15, -0.1) is 0 Å². The maximum Gasteiger partial charge on any atom is 0.328 e. The lowest BCUT2D eigenvalue weighted by Crippen LogP contribution is -2.53. The Bertz CT molecular complexity index is 394. The predicted molar refractivity (Wildman–Crippen MR) is 71.2 cm³/mol. The van der Waals surface area contributed by atoms with Gasteiger partial charge in [0.1, 0.15) is 6.04 Å². The number of rotatable bonds is 4. The standard InChI is InChI=1S/C13H22N2O5/c1-13(2,11(17)18)8-14-12(19)15-7-5-4-6-9(15)10(16)20-3/h9H,4-8H2,1-3H3,(H,14,19)(H,17,18). The molecule has 1 aliphatic heterocycles. The highest BCUT2D eigenvalue weighted by Gasteiger charge is 2.34. The van der Waals surface area contributed by atoms with E-state index in [1.54, 1.807) is 0 Å². The van der Waals surface area contributed by atoms with Crippen molar-refractivity contribution in [3.05, 3.63) is 0 Å². The van der Waals surface area contributed by atoms with E-state index in [-0.39, 0.29) is 6.54 Å². The first-order valence-electron chi connectivity index (χ1n) is 6.65. The quantitative estimate of drug-likeness (QED) is 0.746. The Morgan fingerprint density at radius 1 is 1.35 bits per heavy atom. The van der Waals surface area contributed by atoms with Crippen LogP contribution in [0.15, 0.2) is 0 Å². The van der Waals surface area contributed by atoms with Crippen molar-refractivity contribution in [2.24, 2.45) is 5.41 Å².